The van der Waals surface area contributed by atoms with Crippen LogP contribution in [0, 0.1) is 10.1 Å². The summed E-state index contributed by atoms with van der Waals surface area (Å²) < 4.78 is 5.01. The third kappa shape index (κ3) is 3.21. The van der Waals surface area contributed by atoms with Crippen LogP contribution in [0.2, 0.25) is 0 Å². The first-order valence-corrected chi connectivity index (χ1v) is 5.13. The average Bonchev–Trinajstić information content (AvgIpc) is 2.27. The molecule has 0 radical (unpaired) electrons. The molecule has 1 rings (SSSR count). The molecule has 0 saturated heterocycles. The van der Waals surface area contributed by atoms with Crippen LogP contribution in [0.15, 0.2) is 30.4 Å². The van der Waals surface area contributed by atoms with Gasteiger partial charge >= 0.3 is 5.69 Å². The standard InChI is InChI=1S/C12H16N2O3/c1-9(2)8-13(3)10-5-6-11(14(15)16)12(7-10)17-4/h5-7H,1,8H2,2-4H3. The van der Waals surface area contributed by atoms with E-state index in [-0.39, 0.29) is 11.4 Å². The Morgan fingerprint density at radius 3 is 2.71 bits per heavy atom. The molecule has 0 aliphatic heterocycles. The third-order valence-corrected chi connectivity index (χ3v) is 2.31. The average molecular weight is 236 g/mol. The van der Waals surface area contributed by atoms with Gasteiger partial charge in [-0.05, 0) is 13.0 Å². The Balaban J connectivity index is 3.04. The lowest BCUT2D eigenvalue weighted by atomic mass is 10.2. The summed E-state index contributed by atoms with van der Waals surface area (Å²) in [4.78, 5) is 12.2. The molecule has 0 amide bonds. The van der Waals surface area contributed by atoms with Crippen LogP contribution >= 0.6 is 0 Å². The Labute approximate surface area is 100 Å². The van der Waals surface area contributed by atoms with E-state index in [9.17, 15) is 10.1 Å². The molecule has 5 heteroatoms. The van der Waals surface area contributed by atoms with Crippen molar-refractivity contribution in [1.29, 1.82) is 0 Å². The molecule has 5 nitrogen and oxygen atoms in total. The summed E-state index contributed by atoms with van der Waals surface area (Å²) in [6, 6.07) is 4.80. The lowest BCUT2D eigenvalue weighted by Crippen LogP contribution is -2.18. The summed E-state index contributed by atoms with van der Waals surface area (Å²) in [7, 11) is 3.32. The molecule has 0 atom stereocenters. The maximum atomic E-state index is 10.7. The van der Waals surface area contributed by atoms with Crippen LogP contribution in [-0.4, -0.2) is 25.6 Å². The van der Waals surface area contributed by atoms with Gasteiger partial charge in [-0.3, -0.25) is 10.1 Å². The fraction of sp³-hybridized carbons (Fsp3) is 0.333. The number of rotatable bonds is 5. The van der Waals surface area contributed by atoms with Gasteiger partial charge in [-0.1, -0.05) is 12.2 Å². The predicted molar refractivity (Wildman–Crippen MR) is 67.7 cm³/mol. The van der Waals surface area contributed by atoms with Crippen molar-refractivity contribution in [2.75, 3.05) is 25.6 Å². The fourth-order valence-corrected chi connectivity index (χ4v) is 1.55. The first kappa shape index (κ1) is 13.0. The molecule has 1 aromatic carbocycles. The van der Waals surface area contributed by atoms with Crippen molar-refractivity contribution in [2.24, 2.45) is 0 Å². The van der Waals surface area contributed by atoms with Crippen LogP contribution in [0.25, 0.3) is 0 Å². The van der Waals surface area contributed by atoms with E-state index in [1.54, 1.807) is 12.1 Å². The van der Waals surface area contributed by atoms with Crippen LogP contribution < -0.4 is 9.64 Å². The quantitative estimate of drug-likeness (QED) is 0.448. The van der Waals surface area contributed by atoms with Gasteiger partial charge in [-0.15, -0.1) is 0 Å². The minimum absolute atomic E-state index is 0.0278. The Morgan fingerprint density at radius 2 is 2.24 bits per heavy atom. The summed E-state index contributed by atoms with van der Waals surface area (Å²) in [5, 5.41) is 10.7. The molecule has 17 heavy (non-hydrogen) atoms. The molecule has 1 aromatic rings. The topological polar surface area (TPSA) is 55.6 Å². The number of likely N-dealkylation sites (N-methyl/N-ethyl adjacent to an activating group) is 1. The number of nitrogens with zero attached hydrogens (tertiary/aromatic N) is 2. The van der Waals surface area contributed by atoms with Gasteiger partial charge < -0.3 is 9.64 Å². The maximum Gasteiger partial charge on any atom is 0.311 e. The first-order chi connectivity index (χ1) is 7.95. The first-order valence-electron chi connectivity index (χ1n) is 5.13. The van der Waals surface area contributed by atoms with Crippen LogP contribution in [0.4, 0.5) is 11.4 Å². The summed E-state index contributed by atoms with van der Waals surface area (Å²) >= 11 is 0. The SMILES string of the molecule is C=C(C)CN(C)c1ccc([N+](=O)[O-])c(OC)c1. The second-order valence-corrected chi connectivity index (χ2v) is 3.93. The van der Waals surface area contributed by atoms with E-state index in [2.05, 4.69) is 6.58 Å². The maximum absolute atomic E-state index is 10.7. The number of hydrogen-bond donors (Lipinski definition) is 0. The lowest BCUT2D eigenvalue weighted by Gasteiger charge is -2.19. The van der Waals surface area contributed by atoms with Gasteiger partial charge in [-0.25, -0.2) is 0 Å². The van der Waals surface area contributed by atoms with Crippen molar-refractivity contribution >= 4 is 11.4 Å². The molecular formula is C12H16N2O3. The molecule has 0 aliphatic rings. The van der Waals surface area contributed by atoms with Crippen molar-refractivity contribution < 1.29 is 9.66 Å². The largest absolute Gasteiger partial charge is 0.490 e. The lowest BCUT2D eigenvalue weighted by molar-refractivity contribution is -0.385. The second kappa shape index (κ2) is 5.34. The smallest absolute Gasteiger partial charge is 0.311 e. The number of anilines is 1. The summed E-state index contributed by atoms with van der Waals surface area (Å²) in [6.07, 6.45) is 0. The number of ether oxygens (including phenoxy) is 1. The molecule has 0 aliphatic carbocycles. The highest BCUT2D eigenvalue weighted by atomic mass is 16.6. The van der Waals surface area contributed by atoms with Crippen molar-refractivity contribution in [3.8, 4) is 5.75 Å². The van der Waals surface area contributed by atoms with Gasteiger partial charge in [0.2, 0.25) is 0 Å². The van der Waals surface area contributed by atoms with E-state index in [0.717, 1.165) is 11.3 Å². The summed E-state index contributed by atoms with van der Waals surface area (Å²) in [5.41, 5.74) is 1.85. The molecular weight excluding hydrogens is 220 g/mol. The Hall–Kier alpha value is -2.04. The number of hydrogen-bond acceptors (Lipinski definition) is 4. The van der Waals surface area contributed by atoms with Gasteiger partial charge in [0.05, 0.1) is 12.0 Å². The van der Waals surface area contributed by atoms with Crippen molar-refractivity contribution in [3.05, 3.63) is 40.5 Å². The second-order valence-electron chi connectivity index (χ2n) is 3.93. The monoisotopic (exact) mass is 236 g/mol. The number of nitro benzene ring substituents is 1. The zero-order valence-corrected chi connectivity index (χ0v) is 10.3. The van der Waals surface area contributed by atoms with E-state index in [4.69, 9.17) is 4.74 Å². The van der Waals surface area contributed by atoms with Crippen LogP contribution in [0.5, 0.6) is 5.75 Å². The third-order valence-electron chi connectivity index (χ3n) is 2.31. The number of methoxy groups -OCH3 is 1. The summed E-state index contributed by atoms with van der Waals surface area (Å²) in [6.45, 7) is 6.45. The minimum atomic E-state index is -0.457. The van der Waals surface area contributed by atoms with E-state index in [1.165, 1.54) is 13.2 Å². The Morgan fingerprint density at radius 1 is 1.59 bits per heavy atom. The van der Waals surface area contributed by atoms with E-state index in [1.807, 2.05) is 18.9 Å². The predicted octanol–water partition coefficient (Wildman–Crippen LogP) is 2.62. The zero-order chi connectivity index (χ0) is 13.0. The van der Waals surface area contributed by atoms with E-state index < -0.39 is 4.92 Å². The minimum Gasteiger partial charge on any atom is -0.490 e. The normalized spacial score (nSPS) is 9.82. The van der Waals surface area contributed by atoms with Gasteiger partial charge in [0.15, 0.2) is 5.75 Å². The highest BCUT2D eigenvalue weighted by molar-refractivity contribution is 5.59. The molecule has 0 heterocycles. The Bertz CT molecular complexity index is 443. The zero-order valence-electron chi connectivity index (χ0n) is 10.3. The number of nitro groups is 1. The molecule has 92 valence electrons. The van der Waals surface area contributed by atoms with Crippen LogP contribution in [0.1, 0.15) is 6.92 Å². The van der Waals surface area contributed by atoms with Crippen molar-refractivity contribution in [3.63, 3.8) is 0 Å². The molecule has 0 N–H and O–H groups in total. The van der Waals surface area contributed by atoms with Crippen molar-refractivity contribution in [1.82, 2.24) is 0 Å². The summed E-state index contributed by atoms with van der Waals surface area (Å²) in [5.74, 6) is 0.265. The fourth-order valence-electron chi connectivity index (χ4n) is 1.55. The van der Waals surface area contributed by atoms with Gasteiger partial charge in [0.1, 0.15) is 0 Å². The van der Waals surface area contributed by atoms with E-state index >= 15 is 0 Å². The van der Waals surface area contributed by atoms with Gasteiger partial charge in [0, 0.05) is 31.4 Å². The molecule has 0 fully saturated rings. The molecule has 0 unspecified atom stereocenters. The van der Waals surface area contributed by atoms with Gasteiger partial charge in [-0.2, -0.15) is 0 Å². The van der Waals surface area contributed by atoms with E-state index in [0.29, 0.717) is 6.54 Å². The highest BCUT2D eigenvalue weighted by Gasteiger charge is 2.15. The highest BCUT2D eigenvalue weighted by Crippen LogP contribution is 2.31. The number of benzene rings is 1. The molecule has 0 saturated carbocycles. The molecule has 0 bridgehead atoms. The molecule has 0 aromatic heterocycles. The molecule has 0 spiro atoms. The van der Waals surface area contributed by atoms with Crippen molar-refractivity contribution in [2.45, 2.75) is 6.92 Å². The van der Waals surface area contributed by atoms with Crippen LogP contribution in [0.3, 0.4) is 0 Å². The Kier molecular flexibility index (Phi) is 4.09. The van der Waals surface area contributed by atoms with Gasteiger partial charge in [0.25, 0.3) is 0 Å². The van der Waals surface area contributed by atoms with Crippen LogP contribution in [-0.2, 0) is 0 Å².